The van der Waals surface area contributed by atoms with Gasteiger partial charge in [0.15, 0.2) is 5.71 Å². The quantitative estimate of drug-likeness (QED) is 0.602. The van der Waals surface area contributed by atoms with Gasteiger partial charge in [0, 0.05) is 19.3 Å². The van der Waals surface area contributed by atoms with Crippen LogP contribution in [0.1, 0.15) is 20.3 Å². The first-order valence-corrected chi connectivity index (χ1v) is 8.28. The number of nitrogens with one attached hydrogen (secondary N) is 1. The number of amides is 1. The van der Waals surface area contributed by atoms with E-state index in [1.807, 2.05) is 18.3 Å². The van der Waals surface area contributed by atoms with Crippen molar-refractivity contribution in [3.8, 4) is 5.88 Å². The second-order valence-corrected chi connectivity index (χ2v) is 5.71. The summed E-state index contributed by atoms with van der Waals surface area (Å²) in [5.41, 5.74) is 3.13. The Bertz CT molecular complexity index is 797. The standard InChI is InChI=1S/C19H24N4O3/c1-14-6-5-7-16(9-8-14)23-12-10-17(21-23)26-13-11-15(2)18(22-25-4)19(24)20-3/h5,7-12H,6,13H2,1-4H3,(H,20,24)/b15-11-,22-18+. The molecule has 1 aliphatic carbocycles. The highest BCUT2D eigenvalue weighted by Gasteiger charge is 2.12. The Balaban J connectivity index is 2.01. The molecular formula is C19H24N4O3. The van der Waals surface area contributed by atoms with Gasteiger partial charge in [-0.2, -0.15) is 0 Å². The summed E-state index contributed by atoms with van der Waals surface area (Å²) in [5, 5.41) is 10.7. The van der Waals surface area contributed by atoms with Crippen LogP contribution in [0.4, 0.5) is 0 Å². The molecule has 0 saturated heterocycles. The van der Waals surface area contributed by atoms with E-state index in [-0.39, 0.29) is 18.2 Å². The fourth-order valence-corrected chi connectivity index (χ4v) is 2.25. The molecule has 26 heavy (non-hydrogen) atoms. The molecule has 0 spiro atoms. The first kappa shape index (κ1) is 19.2. The monoisotopic (exact) mass is 356 g/mol. The van der Waals surface area contributed by atoms with Crippen LogP contribution in [0.25, 0.3) is 5.70 Å². The number of rotatable bonds is 7. The van der Waals surface area contributed by atoms with Crippen molar-refractivity contribution in [2.24, 2.45) is 5.16 Å². The largest absolute Gasteiger partial charge is 0.472 e. The third-order valence-electron chi connectivity index (χ3n) is 3.72. The third kappa shape index (κ3) is 5.20. The molecule has 0 radical (unpaired) electrons. The summed E-state index contributed by atoms with van der Waals surface area (Å²) >= 11 is 0. The zero-order valence-corrected chi connectivity index (χ0v) is 15.5. The van der Waals surface area contributed by atoms with E-state index in [0.29, 0.717) is 11.5 Å². The van der Waals surface area contributed by atoms with Crippen LogP contribution in [0, 0.1) is 0 Å². The van der Waals surface area contributed by atoms with Gasteiger partial charge >= 0.3 is 0 Å². The maximum absolute atomic E-state index is 11.8. The first-order valence-electron chi connectivity index (χ1n) is 8.28. The van der Waals surface area contributed by atoms with Crippen LogP contribution in [0.2, 0.25) is 0 Å². The fourth-order valence-electron chi connectivity index (χ4n) is 2.25. The topological polar surface area (TPSA) is 77.7 Å². The van der Waals surface area contributed by atoms with Gasteiger partial charge in [-0.3, -0.25) is 4.79 Å². The number of aromatic nitrogens is 2. The molecule has 0 saturated carbocycles. The molecule has 1 heterocycles. The van der Waals surface area contributed by atoms with E-state index < -0.39 is 0 Å². The number of oxime groups is 1. The molecule has 1 aromatic rings. The van der Waals surface area contributed by atoms with E-state index in [1.54, 1.807) is 23.7 Å². The highest BCUT2D eigenvalue weighted by Crippen LogP contribution is 2.16. The molecule has 0 aliphatic heterocycles. The van der Waals surface area contributed by atoms with Crippen molar-refractivity contribution < 1.29 is 14.4 Å². The van der Waals surface area contributed by atoms with Crippen molar-refractivity contribution in [3.63, 3.8) is 0 Å². The Morgan fingerprint density at radius 3 is 3.00 bits per heavy atom. The van der Waals surface area contributed by atoms with Gasteiger partial charge in [0.05, 0.1) is 5.70 Å². The zero-order chi connectivity index (χ0) is 18.9. The van der Waals surface area contributed by atoms with Crippen molar-refractivity contribution in [2.45, 2.75) is 20.3 Å². The Morgan fingerprint density at radius 1 is 1.46 bits per heavy atom. The molecule has 0 atom stereocenters. The molecule has 1 amide bonds. The van der Waals surface area contributed by atoms with Gasteiger partial charge in [-0.15, -0.1) is 5.10 Å². The lowest BCUT2D eigenvalue weighted by atomic mass is 10.1. The van der Waals surface area contributed by atoms with E-state index in [2.05, 4.69) is 34.6 Å². The minimum absolute atomic E-state index is 0.208. The van der Waals surface area contributed by atoms with Crippen molar-refractivity contribution in [2.75, 3.05) is 20.8 Å². The molecule has 1 N–H and O–H groups in total. The number of carbonyl (C=O) groups excluding carboxylic acids is 1. The van der Waals surface area contributed by atoms with E-state index in [1.165, 1.54) is 19.7 Å². The van der Waals surface area contributed by atoms with Crippen LogP contribution in [0.5, 0.6) is 5.88 Å². The molecule has 7 nitrogen and oxygen atoms in total. The summed E-state index contributed by atoms with van der Waals surface area (Å²) in [6, 6.07) is 1.79. The van der Waals surface area contributed by atoms with E-state index >= 15 is 0 Å². The summed E-state index contributed by atoms with van der Waals surface area (Å²) in [4.78, 5) is 16.5. The lowest BCUT2D eigenvalue weighted by molar-refractivity contribution is -0.114. The van der Waals surface area contributed by atoms with E-state index in [0.717, 1.165) is 12.1 Å². The van der Waals surface area contributed by atoms with Crippen LogP contribution in [-0.2, 0) is 9.63 Å². The van der Waals surface area contributed by atoms with Crippen molar-refractivity contribution in [3.05, 3.63) is 53.8 Å². The van der Waals surface area contributed by atoms with Crippen LogP contribution in [0.15, 0.2) is 58.9 Å². The lowest BCUT2D eigenvalue weighted by Crippen LogP contribution is -2.28. The van der Waals surface area contributed by atoms with Crippen molar-refractivity contribution >= 4 is 17.3 Å². The van der Waals surface area contributed by atoms with Crippen molar-refractivity contribution in [1.29, 1.82) is 0 Å². The van der Waals surface area contributed by atoms with Gasteiger partial charge in [-0.1, -0.05) is 22.9 Å². The zero-order valence-electron chi connectivity index (χ0n) is 15.5. The van der Waals surface area contributed by atoms with Gasteiger partial charge in [0.1, 0.15) is 13.7 Å². The van der Waals surface area contributed by atoms with Gasteiger partial charge in [-0.05, 0) is 44.1 Å². The summed E-state index contributed by atoms with van der Waals surface area (Å²) < 4.78 is 7.40. The predicted molar refractivity (Wildman–Crippen MR) is 102 cm³/mol. The second kappa shape index (κ2) is 9.41. The number of ether oxygens (including phenoxy) is 1. The van der Waals surface area contributed by atoms with E-state index in [9.17, 15) is 4.79 Å². The highest BCUT2D eigenvalue weighted by molar-refractivity contribution is 6.44. The maximum atomic E-state index is 11.8. The third-order valence-corrected chi connectivity index (χ3v) is 3.72. The Labute approximate surface area is 153 Å². The highest BCUT2D eigenvalue weighted by atomic mass is 16.6. The molecule has 2 rings (SSSR count). The average molecular weight is 356 g/mol. The molecular weight excluding hydrogens is 332 g/mol. The van der Waals surface area contributed by atoms with Crippen LogP contribution >= 0.6 is 0 Å². The Hall–Kier alpha value is -3.09. The molecule has 7 heteroatoms. The number of carbonyl (C=O) groups is 1. The first-order chi connectivity index (χ1) is 12.5. The van der Waals surface area contributed by atoms with Crippen LogP contribution < -0.4 is 10.1 Å². The molecule has 0 fully saturated rings. The van der Waals surface area contributed by atoms with E-state index in [4.69, 9.17) is 9.57 Å². The normalized spacial score (nSPS) is 15.1. The molecule has 138 valence electrons. The smallest absolute Gasteiger partial charge is 0.273 e. The number of allylic oxidation sites excluding steroid dienone is 6. The average Bonchev–Trinajstić information content (AvgIpc) is 2.99. The Kier molecular flexibility index (Phi) is 6.96. The van der Waals surface area contributed by atoms with Gasteiger partial charge < -0.3 is 14.9 Å². The summed E-state index contributed by atoms with van der Waals surface area (Å²) in [5.74, 6) is 0.179. The summed E-state index contributed by atoms with van der Waals surface area (Å²) in [6.45, 7) is 4.12. The SMILES string of the molecule is CNC(=O)C(=N/OC)/C(C)=C\COc1ccn(C2=CC=C(C)CC=C2)n1. The Morgan fingerprint density at radius 2 is 2.27 bits per heavy atom. The number of hydrogen-bond acceptors (Lipinski definition) is 5. The number of hydrogen-bond donors (Lipinski definition) is 1. The molecule has 0 unspecified atom stereocenters. The summed E-state index contributed by atoms with van der Waals surface area (Å²) in [7, 11) is 2.93. The maximum Gasteiger partial charge on any atom is 0.273 e. The van der Waals surface area contributed by atoms with Crippen LogP contribution in [-0.4, -0.2) is 42.2 Å². The predicted octanol–water partition coefficient (Wildman–Crippen LogP) is 2.70. The minimum atomic E-state index is -0.319. The molecule has 0 aromatic carbocycles. The lowest BCUT2D eigenvalue weighted by Gasteiger charge is -2.05. The van der Waals surface area contributed by atoms with Gasteiger partial charge in [0.25, 0.3) is 5.91 Å². The second-order valence-electron chi connectivity index (χ2n) is 5.71. The van der Waals surface area contributed by atoms with Crippen molar-refractivity contribution in [1.82, 2.24) is 15.1 Å². The van der Waals surface area contributed by atoms with Crippen LogP contribution in [0.3, 0.4) is 0 Å². The van der Waals surface area contributed by atoms with Gasteiger partial charge in [-0.25, -0.2) is 4.68 Å². The molecule has 1 aromatic heterocycles. The molecule has 1 aliphatic rings. The molecule has 0 bridgehead atoms. The fraction of sp³-hybridized carbons (Fsp3) is 0.316. The number of nitrogens with zero attached hydrogens (tertiary/aromatic N) is 3. The summed E-state index contributed by atoms with van der Waals surface area (Å²) in [6.07, 6.45) is 12.8. The van der Waals surface area contributed by atoms with Gasteiger partial charge in [0.2, 0.25) is 5.88 Å². The minimum Gasteiger partial charge on any atom is -0.472 e.